The minimum absolute atomic E-state index is 0.364. The maximum Gasteiger partial charge on any atom is 0.223 e. The molecule has 1 aromatic rings. The van der Waals surface area contributed by atoms with Crippen LogP contribution in [0.4, 0.5) is 5.95 Å². The van der Waals surface area contributed by atoms with Gasteiger partial charge in [-0.3, -0.25) is 0 Å². The molecule has 11 heavy (non-hydrogen) atoms. The second kappa shape index (κ2) is 3.05. The van der Waals surface area contributed by atoms with Crippen molar-refractivity contribution in [2.24, 2.45) is 5.73 Å². The minimum atomic E-state index is 0.364. The van der Waals surface area contributed by atoms with Crippen molar-refractivity contribution in [2.75, 3.05) is 5.73 Å². The first-order valence-electron chi connectivity index (χ1n) is 3.36. The first-order chi connectivity index (χ1) is 5.29. The van der Waals surface area contributed by atoms with Crippen molar-refractivity contribution in [1.29, 1.82) is 0 Å². The molecule has 5 heteroatoms. The van der Waals surface area contributed by atoms with E-state index in [1.54, 1.807) is 0 Å². The zero-order chi connectivity index (χ0) is 8.27. The Morgan fingerprint density at radius 2 is 2.55 bits per heavy atom. The largest absolute Gasteiger partial charge is 0.403 e. The Balaban J connectivity index is 3.00. The summed E-state index contributed by atoms with van der Waals surface area (Å²) in [6, 6.07) is 0. The zero-order valence-electron chi connectivity index (χ0n) is 6.36. The van der Waals surface area contributed by atoms with Gasteiger partial charge in [0.15, 0.2) is 0 Å². The van der Waals surface area contributed by atoms with E-state index in [1.165, 1.54) is 17.2 Å². The van der Waals surface area contributed by atoms with Crippen LogP contribution in [0.2, 0.25) is 0 Å². The molecule has 0 saturated heterocycles. The molecule has 0 bridgehead atoms. The summed E-state index contributed by atoms with van der Waals surface area (Å²) in [5.41, 5.74) is 11.7. The lowest BCUT2D eigenvalue weighted by molar-refractivity contribution is 0.870. The Morgan fingerprint density at radius 3 is 2.91 bits per heavy atom. The van der Waals surface area contributed by atoms with Crippen LogP contribution in [0.15, 0.2) is 12.5 Å². The lowest BCUT2D eigenvalue weighted by Gasteiger charge is -2.02. The van der Waals surface area contributed by atoms with Crippen LogP contribution in [0.1, 0.15) is 13.3 Å². The molecule has 1 rings (SSSR count). The average molecular weight is 153 g/mol. The van der Waals surface area contributed by atoms with Gasteiger partial charge in [0.25, 0.3) is 0 Å². The van der Waals surface area contributed by atoms with E-state index in [4.69, 9.17) is 11.5 Å². The van der Waals surface area contributed by atoms with Crippen molar-refractivity contribution in [3.63, 3.8) is 0 Å². The van der Waals surface area contributed by atoms with Crippen LogP contribution in [0, 0.1) is 0 Å². The zero-order valence-corrected chi connectivity index (χ0v) is 6.36. The molecule has 5 nitrogen and oxygen atoms in total. The summed E-state index contributed by atoms with van der Waals surface area (Å²) in [5, 5.41) is 3.89. The molecule has 0 saturated carbocycles. The van der Waals surface area contributed by atoms with E-state index in [-0.39, 0.29) is 0 Å². The molecule has 0 aliphatic carbocycles. The summed E-state index contributed by atoms with van der Waals surface area (Å²) < 4.78 is 1.51. The fourth-order valence-corrected chi connectivity index (χ4v) is 0.810. The predicted molar refractivity (Wildman–Crippen MR) is 43.2 cm³/mol. The van der Waals surface area contributed by atoms with Crippen LogP contribution in [0.25, 0.3) is 5.70 Å². The van der Waals surface area contributed by atoms with Crippen molar-refractivity contribution in [3.8, 4) is 0 Å². The van der Waals surface area contributed by atoms with Crippen molar-refractivity contribution in [2.45, 2.75) is 13.3 Å². The van der Waals surface area contributed by atoms with Gasteiger partial charge in [0, 0.05) is 6.20 Å². The molecule has 1 aromatic heterocycles. The van der Waals surface area contributed by atoms with Crippen LogP contribution < -0.4 is 11.5 Å². The van der Waals surface area contributed by atoms with Gasteiger partial charge in [-0.1, -0.05) is 6.92 Å². The summed E-state index contributed by atoms with van der Waals surface area (Å²) >= 11 is 0. The predicted octanol–water partition coefficient (Wildman–Crippen LogP) is 0.0274. The summed E-state index contributed by atoms with van der Waals surface area (Å²) in [6.45, 7) is 1.97. The molecule has 0 amide bonds. The van der Waals surface area contributed by atoms with Crippen LogP contribution in [0.5, 0.6) is 0 Å². The third-order valence-electron chi connectivity index (χ3n) is 1.40. The van der Waals surface area contributed by atoms with Gasteiger partial charge in [0.05, 0.1) is 5.70 Å². The van der Waals surface area contributed by atoms with E-state index in [0.717, 1.165) is 12.1 Å². The Bertz CT molecular complexity index is 262. The number of rotatable bonds is 2. The molecule has 0 aliphatic heterocycles. The van der Waals surface area contributed by atoms with Crippen LogP contribution in [0.3, 0.4) is 0 Å². The molecular weight excluding hydrogens is 142 g/mol. The summed E-state index contributed by atoms with van der Waals surface area (Å²) in [7, 11) is 0. The highest BCUT2D eigenvalue weighted by Crippen LogP contribution is 2.08. The number of nitrogens with zero attached hydrogens (tertiary/aromatic N) is 3. The van der Waals surface area contributed by atoms with Gasteiger partial charge in [0.1, 0.15) is 6.33 Å². The van der Waals surface area contributed by atoms with E-state index in [0.29, 0.717) is 5.95 Å². The lowest BCUT2D eigenvalue weighted by Crippen LogP contribution is -2.05. The van der Waals surface area contributed by atoms with E-state index >= 15 is 0 Å². The number of anilines is 1. The van der Waals surface area contributed by atoms with Crippen LogP contribution >= 0.6 is 0 Å². The first-order valence-corrected chi connectivity index (χ1v) is 3.36. The topological polar surface area (TPSA) is 82.8 Å². The lowest BCUT2D eigenvalue weighted by atomic mass is 10.4. The number of allylic oxidation sites excluding steroid dienone is 1. The maximum atomic E-state index is 5.49. The van der Waals surface area contributed by atoms with Gasteiger partial charge < -0.3 is 11.5 Å². The highest BCUT2D eigenvalue weighted by molar-refractivity contribution is 5.47. The van der Waals surface area contributed by atoms with Crippen molar-refractivity contribution >= 4 is 11.6 Å². The Kier molecular flexibility index (Phi) is 2.10. The maximum absolute atomic E-state index is 5.49. The third kappa shape index (κ3) is 1.31. The van der Waals surface area contributed by atoms with Crippen molar-refractivity contribution in [3.05, 3.63) is 12.5 Å². The molecule has 0 aliphatic rings. The molecule has 4 N–H and O–H groups in total. The number of hydrogen-bond acceptors (Lipinski definition) is 4. The number of aromatic nitrogens is 3. The summed E-state index contributed by atoms with van der Waals surface area (Å²) in [5.74, 6) is 0.364. The van der Waals surface area contributed by atoms with Crippen LogP contribution in [-0.4, -0.2) is 14.8 Å². The Morgan fingerprint density at radius 1 is 1.82 bits per heavy atom. The quantitative estimate of drug-likeness (QED) is 0.627. The van der Waals surface area contributed by atoms with Crippen LogP contribution in [-0.2, 0) is 0 Å². The average Bonchev–Trinajstić information content (AvgIpc) is 2.40. The summed E-state index contributed by atoms with van der Waals surface area (Å²) in [6.07, 6.45) is 3.66. The normalized spacial score (nSPS) is 11.9. The standard InChI is InChI=1S/C6H11N5/c1-2-5(3-7)11-6(8)9-4-10-11/h3-4H,2,7H2,1H3,(H2,8,9,10)/b5-3-. The molecule has 60 valence electrons. The molecule has 0 radical (unpaired) electrons. The first kappa shape index (κ1) is 7.59. The molecule has 0 atom stereocenters. The second-order valence-electron chi connectivity index (χ2n) is 2.04. The number of nitrogens with two attached hydrogens (primary N) is 2. The summed E-state index contributed by atoms with van der Waals surface area (Å²) in [4.78, 5) is 3.77. The van der Waals surface area contributed by atoms with Gasteiger partial charge in [-0.2, -0.15) is 10.1 Å². The highest BCUT2D eigenvalue weighted by atomic mass is 15.4. The molecule has 0 fully saturated rings. The van der Waals surface area contributed by atoms with E-state index in [2.05, 4.69) is 10.1 Å². The monoisotopic (exact) mass is 153 g/mol. The van der Waals surface area contributed by atoms with Crippen molar-refractivity contribution in [1.82, 2.24) is 14.8 Å². The smallest absolute Gasteiger partial charge is 0.223 e. The van der Waals surface area contributed by atoms with Gasteiger partial charge in [0.2, 0.25) is 5.95 Å². The van der Waals surface area contributed by atoms with E-state index in [1.807, 2.05) is 6.92 Å². The van der Waals surface area contributed by atoms with E-state index < -0.39 is 0 Å². The number of hydrogen-bond donors (Lipinski definition) is 2. The van der Waals surface area contributed by atoms with Crippen molar-refractivity contribution < 1.29 is 0 Å². The molecule has 0 spiro atoms. The molecule has 0 unspecified atom stereocenters. The number of nitrogen functional groups attached to an aromatic ring is 1. The van der Waals surface area contributed by atoms with E-state index in [9.17, 15) is 0 Å². The SMILES string of the molecule is CC/C(=C/N)n1ncnc1N. The third-order valence-corrected chi connectivity index (χ3v) is 1.40. The molecular formula is C6H11N5. The molecule has 1 heterocycles. The second-order valence-corrected chi connectivity index (χ2v) is 2.04. The fourth-order valence-electron chi connectivity index (χ4n) is 0.810. The fraction of sp³-hybridized carbons (Fsp3) is 0.333. The van der Waals surface area contributed by atoms with Gasteiger partial charge in [-0.05, 0) is 6.42 Å². The van der Waals surface area contributed by atoms with Gasteiger partial charge >= 0.3 is 0 Å². The highest BCUT2D eigenvalue weighted by Gasteiger charge is 2.01. The molecule has 0 aromatic carbocycles. The Hall–Kier alpha value is -1.52. The van der Waals surface area contributed by atoms with Gasteiger partial charge in [-0.25, -0.2) is 4.68 Å². The minimum Gasteiger partial charge on any atom is -0.403 e. The Labute approximate surface area is 64.7 Å². The van der Waals surface area contributed by atoms with Gasteiger partial charge in [-0.15, -0.1) is 0 Å².